The molecule has 1 aliphatic heterocycles. The fraction of sp³-hybridized carbons (Fsp3) is 0.480. The van der Waals surface area contributed by atoms with Gasteiger partial charge in [-0.15, -0.1) is 0 Å². The van der Waals surface area contributed by atoms with Crippen molar-refractivity contribution in [2.45, 2.75) is 38.5 Å². The molecule has 0 aromatic heterocycles. The van der Waals surface area contributed by atoms with Crippen molar-refractivity contribution in [1.82, 2.24) is 9.80 Å². The van der Waals surface area contributed by atoms with Gasteiger partial charge in [0.15, 0.2) is 5.78 Å². The summed E-state index contributed by atoms with van der Waals surface area (Å²) in [5.74, 6) is 0.265. The number of unbranched alkanes of at least 4 members (excludes halogenated alkanes) is 1. The molecular formula is C25H34N2O. The van der Waals surface area contributed by atoms with Gasteiger partial charge >= 0.3 is 0 Å². The summed E-state index contributed by atoms with van der Waals surface area (Å²) in [6, 6.07) is 18.5. The van der Waals surface area contributed by atoms with Crippen LogP contribution in [0.1, 0.15) is 47.2 Å². The second-order valence-electron chi connectivity index (χ2n) is 8.01. The first-order chi connectivity index (χ1) is 13.7. The van der Waals surface area contributed by atoms with Gasteiger partial charge < -0.3 is 9.80 Å². The van der Waals surface area contributed by atoms with Gasteiger partial charge in [-0.3, -0.25) is 4.79 Å². The summed E-state index contributed by atoms with van der Waals surface area (Å²) in [5, 5.41) is 0. The lowest BCUT2D eigenvalue weighted by Gasteiger charge is -2.32. The van der Waals surface area contributed by atoms with Crippen LogP contribution in [0.4, 0.5) is 0 Å². The van der Waals surface area contributed by atoms with Crippen molar-refractivity contribution >= 4 is 5.78 Å². The van der Waals surface area contributed by atoms with Gasteiger partial charge in [0.05, 0.1) is 0 Å². The van der Waals surface area contributed by atoms with Gasteiger partial charge in [-0.2, -0.15) is 0 Å². The number of aryl methyl sites for hydroxylation is 2. The van der Waals surface area contributed by atoms with Crippen LogP contribution in [0.25, 0.3) is 0 Å². The minimum absolute atomic E-state index is 0.265. The SMILES string of the molecule is CN1CCN(CCCc2ccccc2CCCCC(=O)c2ccccc2)CC1. The molecule has 2 aromatic rings. The van der Waals surface area contributed by atoms with Gasteiger partial charge in [-0.05, 0) is 56.8 Å². The Morgan fingerprint density at radius 2 is 1.39 bits per heavy atom. The first-order valence-corrected chi connectivity index (χ1v) is 10.8. The molecule has 0 aliphatic carbocycles. The molecule has 3 rings (SSSR count). The Labute approximate surface area is 170 Å². The number of rotatable bonds is 10. The summed E-state index contributed by atoms with van der Waals surface area (Å²) in [6.45, 7) is 5.99. The summed E-state index contributed by atoms with van der Waals surface area (Å²) in [5.41, 5.74) is 3.80. The Hall–Kier alpha value is -1.97. The number of Topliss-reactive ketones (excluding diaryl/α,β-unsaturated/α-hetero) is 1. The van der Waals surface area contributed by atoms with E-state index in [1.807, 2.05) is 30.3 Å². The fourth-order valence-corrected chi connectivity index (χ4v) is 3.98. The van der Waals surface area contributed by atoms with Gasteiger partial charge in [0.1, 0.15) is 0 Å². The first-order valence-electron chi connectivity index (χ1n) is 10.8. The quantitative estimate of drug-likeness (QED) is 0.450. The predicted octanol–water partition coefficient (Wildman–Crippen LogP) is 4.46. The molecule has 1 saturated heterocycles. The Morgan fingerprint density at radius 3 is 2.07 bits per heavy atom. The van der Waals surface area contributed by atoms with E-state index >= 15 is 0 Å². The molecule has 2 aromatic carbocycles. The molecule has 150 valence electrons. The molecule has 0 bridgehead atoms. The molecule has 3 heteroatoms. The first kappa shape index (κ1) is 20.8. The van der Waals surface area contributed by atoms with Crippen LogP contribution in [-0.2, 0) is 12.8 Å². The molecule has 0 spiro atoms. The van der Waals surface area contributed by atoms with Crippen LogP contribution in [-0.4, -0.2) is 55.4 Å². The fourth-order valence-electron chi connectivity index (χ4n) is 3.98. The second kappa shape index (κ2) is 11.1. The highest BCUT2D eigenvalue weighted by Crippen LogP contribution is 2.16. The van der Waals surface area contributed by atoms with E-state index in [0.717, 1.165) is 31.2 Å². The Morgan fingerprint density at radius 1 is 0.786 bits per heavy atom. The van der Waals surface area contributed by atoms with Crippen LogP contribution in [0.3, 0.4) is 0 Å². The van der Waals surface area contributed by atoms with Crippen molar-refractivity contribution in [3.63, 3.8) is 0 Å². The number of carbonyl (C=O) groups is 1. The van der Waals surface area contributed by atoms with E-state index < -0.39 is 0 Å². The third-order valence-electron chi connectivity index (χ3n) is 5.83. The zero-order valence-electron chi connectivity index (χ0n) is 17.3. The zero-order valence-corrected chi connectivity index (χ0v) is 17.3. The molecule has 0 N–H and O–H groups in total. The van der Waals surface area contributed by atoms with Crippen molar-refractivity contribution < 1.29 is 4.79 Å². The van der Waals surface area contributed by atoms with E-state index in [4.69, 9.17) is 0 Å². The Balaban J connectivity index is 1.39. The number of hydrogen-bond donors (Lipinski definition) is 0. The van der Waals surface area contributed by atoms with Crippen LogP contribution in [0.2, 0.25) is 0 Å². The number of piperazine rings is 1. The Kier molecular flexibility index (Phi) is 8.25. The molecule has 0 saturated carbocycles. The van der Waals surface area contributed by atoms with E-state index in [1.165, 1.54) is 50.3 Å². The molecule has 1 heterocycles. The molecule has 0 radical (unpaired) electrons. The minimum atomic E-state index is 0.265. The summed E-state index contributed by atoms with van der Waals surface area (Å²) in [4.78, 5) is 17.2. The highest BCUT2D eigenvalue weighted by atomic mass is 16.1. The lowest BCUT2D eigenvalue weighted by molar-refractivity contribution is 0.0979. The van der Waals surface area contributed by atoms with Crippen molar-refractivity contribution in [2.24, 2.45) is 0 Å². The normalized spacial score (nSPS) is 15.6. The molecule has 0 amide bonds. The van der Waals surface area contributed by atoms with Crippen molar-refractivity contribution in [3.8, 4) is 0 Å². The van der Waals surface area contributed by atoms with Gasteiger partial charge in [-0.25, -0.2) is 0 Å². The second-order valence-corrected chi connectivity index (χ2v) is 8.01. The Bertz CT molecular complexity index is 720. The maximum atomic E-state index is 12.2. The van der Waals surface area contributed by atoms with Gasteiger partial charge in [-0.1, -0.05) is 54.6 Å². The van der Waals surface area contributed by atoms with Gasteiger partial charge in [0.25, 0.3) is 0 Å². The van der Waals surface area contributed by atoms with Crippen LogP contribution in [0, 0.1) is 0 Å². The lowest BCUT2D eigenvalue weighted by atomic mass is 9.97. The number of carbonyl (C=O) groups excluding carboxylic acids is 1. The van der Waals surface area contributed by atoms with E-state index in [2.05, 4.69) is 41.1 Å². The number of likely N-dealkylation sites (N-methyl/N-ethyl adjacent to an activating group) is 1. The molecule has 1 fully saturated rings. The summed E-state index contributed by atoms with van der Waals surface area (Å²) >= 11 is 0. The molecule has 1 aliphatic rings. The largest absolute Gasteiger partial charge is 0.304 e. The van der Waals surface area contributed by atoms with E-state index in [1.54, 1.807) is 0 Å². The van der Waals surface area contributed by atoms with E-state index in [0.29, 0.717) is 6.42 Å². The average Bonchev–Trinajstić information content (AvgIpc) is 2.74. The van der Waals surface area contributed by atoms with Crippen LogP contribution >= 0.6 is 0 Å². The summed E-state index contributed by atoms with van der Waals surface area (Å²) < 4.78 is 0. The number of hydrogen-bond acceptors (Lipinski definition) is 3. The maximum Gasteiger partial charge on any atom is 0.162 e. The van der Waals surface area contributed by atoms with Crippen molar-refractivity contribution in [1.29, 1.82) is 0 Å². The van der Waals surface area contributed by atoms with E-state index in [9.17, 15) is 4.79 Å². The van der Waals surface area contributed by atoms with Gasteiger partial charge in [0.2, 0.25) is 0 Å². The van der Waals surface area contributed by atoms with Crippen LogP contribution in [0.5, 0.6) is 0 Å². The third-order valence-corrected chi connectivity index (χ3v) is 5.83. The van der Waals surface area contributed by atoms with E-state index in [-0.39, 0.29) is 5.78 Å². The predicted molar refractivity (Wildman–Crippen MR) is 117 cm³/mol. The zero-order chi connectivity index (χ0) is 19.6. The monoisotopic (exact) mass is 378 g/mol. The summed E-state index contributed by atoms with van der Waals surface area (Å²) in [6.07, 6.45) is 6.15. The average molecular weight is 379 g/mol. The molecule has 28 heavy (non-hydrogen) atoms. The van der Waals surface area contributed by atoms with Gasteiger partial charge in [0, 0.05) is 38.2 Å². The van der Waals surface area contributed by atoms with Crippen LogP contribution < -0.4 is 0 Å². The summed E-state index contributed by atoms with van der Waals surface area (Å²) in [7, 11) is 2.21. The smallest absolute Gasteiger partial charge is 0.162 e. The highest BCUT2D eigenvalue weighted by Gasteiger charge is 2.13. The third kappa shape index (κ3) is 6.57. The molecule has 0 atom stereocenters. The maximum absolute atomic E-state index is 12.2. The number of ketones is 1. The highest BCUT2D eigenvalue weighted by molar-refractivity contribution is 5.95. The number of nitrogens with zero attached hydrogens (tertiary/aromatic N) is 2. The van der Waals surface area contributed by atoms with Crippen molar-refractivity contribution in [2.75, 3.05) is 39.8 Å². The minimum Gasteiger partial charge on any atom is -0.304 e. The standard InChI is InChI=1S/C25H34N2O/c1-26-18-20-27(21-19-26)17-9-15-23-11-6-5-10-22(23)12-7-8-16-25(28)24-13-3-2-4-14-24/h2-6,10-11,13-14H,7-9,12,15-21H2,1H3. The molecule has 0 unspecified atom stereocenters. The topological polar surface area (TPSA) is 23.6 Å². The lowest BCUT2D eigenvalue weighted by Crippen LogP contribution is -2.44. The molecule has 3 nitrogen and oxygen atoms in total. The van der Waals surface area contributed by atoms with Crippen LogP contribution in [0.15, 0.2) is 54.6 Å². The van der Waals surface area contributed by atoms with Crippen molar-refractivity contribution in [3.05, 3.63) is 71.3 Å². The number of benzene rings is 2. The molecular weight excluding hydrogens is 344 g/mol.